The topological polar surface area (TPSA) is 21.1 Å². The van der Waals surface area contributed by atoms with Crippen molar-refractivity contribution in [2.45, 2.75) is 32.7 Å². The van der Waals surface area contributed by atoms with E-state index < -0.39 is 0 Å². The number of hydrogen-bond donors (Lipinski definition) is 0. The fourth-order valence-electron chi connectivity index (χ4n) is 3.21. The van der Waals surface area contributed by atoms with Gasteiger partial charge in [0.15, 0.2) is 5.15 Å². The molecule has 0 N–H and O–H groups in total. The zero-order valence-corrected chi connectivity index (χ0v) is 16.6. The van der Waals surface area contributed by atoms with Gasteiger partial charge in [0.1, 0.15) is 11.0 Å². The highest BCUT2D eigenvalue weighted by Crippen LogP contribution is 2.25. The number of imidazole rings is 1. The lowest BCUT2D eigenvalue weighted by Crippen LogP contribution is -2.29. The lowest BCUT2D eigenvalue weighted by molar-refractivity contribution is 0.292. The Hall–Kier alpha value is -1.00. The molecular weight excluding hydrogens is 377 g/mol. The molecule has 1 aromatic carbocycles. The monoisotopic (exact) mass is 397 g/mol. The van der Waals surface area contributed by atoms with Crippen LogP contribution in [0.5, 0.6) is 0 Å². The molecule has 0 fully saturated rings. The van der Waals surface area contributed by atoms with Crippen LogP contribution in [0.4, 0.5) is 0 Å². The fraction of sp³-hybridized carbons (Fsp3) is 0.421. The van der Waals surface area contributed by atoms with Crippen LogP contribution >= 0.6 is 34.8 Å². The molecule has 0 atom stereocenters. The molecule has 2 aromatic rings. The molecule has 0 amide bonds. The summed E-state index contributed by atoms with van der Waals surface area (Å²) < 4.78 is 1.98. The Kier molecular flexibility index (Phi) is 6.45. The highest BCUT2D eigenvalue weighted by molar-refractivity contribution is 6.40. The maximum absolute atomic E-state index is 6.17. The van der Waals surface area contributed by atoms with Crippen molar-refractivity contribution < 1.29 is 0 Å². The number of hydrogen-bond acceptors (Lipinski definition) is 2. The van der Waals surface area contributed by atoms with E-state index in [2.05, 4.69) is 28.1 Å². The first-order valence-corrected chi connectivity index (χ1v) is 9.73. The van der Waals surface area contributed by atoms with Crippen molar-refractivity contribution in [3.05, 3.63) is 57.1 Å². The first-order valence-electron chi connectivity index (χ1n) is 8.60. The van der Waals surface area contributed by atoms with Crippen LogP contribution in [0.15, 0.2) is 30.3 Å². The molecule has 0 saturated carbocycles. The highest BCUT2D eigenvalue weighted by Gasteiger charge is 2.13. The van der Waals surface area contributed by atoms with Crippen LogP contribution in [0.3, 0.4) is 0 Å². The average Bonchev–Trinajstić information content (AvgIpc) is 2.86. The van der Waals surface area contributed by atoms with Crippen LogP contribution in [-0.2, 0) is 6.54 Å². The molecule has 6 heteroatoms. The van der Waals surface area contributed by atoms with E-state index in [1.165, 1.54) is 11.1 Å². The third-order valence-electron chi connectivity index (χ3n) is 4.67. The Morgan fingerprint density at radius 3 is 2.36 bits per heavy atom. The van der Waals surface area contributed by atoms with Crippen LogP contribution in [0, 0.1) is 6.92 Å². The Labute approximate surface area is 164 Å². The molecule has 0 saturated heterocycles. The standard InChI is InChI=1S/C19H22Cl3N3/c1-14-23-18(21)19(22)25(14)11-3-2-10-24-12-8-16(9-13-24)15-4-6-17(20)7-5-15/h4-8H,2-3,9-13H2,1H3. The Morgan fingerprint density at radius 2 is 1.76 bits per heavy atom. The predicted molar refractivity (Wildman–Crippen MR) is 107 cm³/mol. The minimum atomic E-state index is 0.398. The van der Waals surface area contributed by atoms with Gasteiger partial charge in [-0.05, 0) is 56.0 Å². The summed E-state index contributed by atoms with van der Waals surface area (Å²) in [6, 6.07) is 8.12. The lowest BCUT2D eigenvalue weighted by atomic mass is 9.99. The van der Waals surface area contributed by atoms with E-state index in [0.29, 0.717) is 10.3 Å². The van der Waals surface area contributed by atoms with E-state index in [1.54, 1.807) is 0 Å². The van der Waals surface area contributed by atoms with Gasteiger partial charge in [-0.1, -0.05) is 53.0 Å². The number of rotatable bonds is 6. The van der Waals surface area contributed by atoms with Crippen molar-refractivity contribution in [2.24, 2.45) is 0 Å². The summed E-state index contributed by atoms with van der Waals surface area (Å²) in [4.78, 5) is 6.69. The van der Waals surface area contributed by atoms with Crippen LogP contribution in [0.1, 0.15) is 30.7 Å². The van der Waals surface area contributed by atoms with Crippen LogP contribution in [0.25, 0.3) is 5.57 Å². The summed E-state index contributed by atoms with van der Waals surface area (Å²) in [5.74, 6) is 0.878. The lowest BCUT2D eigenvalue weighted by Gasteiger charge is -2.26. The molecule has 134 valence electrons. The average molecular weight is 399 g/mol. The molecule has 0 spiro atoms. The quantitative estimate of drug-likeness (QED) is 0.580. The molecule has 2 heterocycles. The molecule has 3 nitrogen and oxygen atoms in total. The second-order valence-electron chi connectivity index (χ2n) is 6.39. The number of halogens is 3. The summed E-state index contributed by atoms with van der Waals surface area (Å²) in [5.41, 5.74) is 2.70. The third-order valence-corrected chi connectivity index (χ3v) is 5.67. The van der Waals surface area contributed by atoms with Gasteiger partial charge in [0.05, 0.1) is 0 Å². The van der Waals surface area contributed by atoms with Gasteiger partial charge < -0.3 is 4.57 Å². The number of nitrogens with zero attached hydrogens (tertiary/aromatic N) is 3. The highest BCUT2D eigenvalue weighted by atomic mass is 35.5. The molecule has 1 aromatic heterocycles. The number of unbranched alkanes of at least 4 members (excludes halogenated alkanes) is 1. The normalized spacial score (nSPS) is 15.4. The van der Waals surface area contributed by atoms with Gasteiger partial charge in [-0.2, -0.15) is 0 Å². The first kappa shape index (κ1) is 18.8. The second-order valence-corrected chi connectivity index (χ2v) is 7.54. The molecule has 1 aliphatic heterocycles. The SMILES string of the molecule is Cc1nc(Cl)c(Cl)n1CCCCN1CC=C(c2ccc(Cl)cc2)CC1. The van der Waals surface area contributed by atoms with E-state index in [-0.39, 0.29) is 0 Å². The summed E-state index contributed by atoms with van der Waals surface area (Å²) in [6.07, 6.45) is 5.63. The second kappa shape index (κ2) is 8.59. The van der Waals surface area contributed by atoms with Crippen LogP contribution in [0.2, 0.25) is 15.3 Å². The van der Waals surface area contributed by atoms with Gasteiger partial charge in [-0.3, -0.25) is 4.90 Å². The zero-order valence-electron chi connectivity index (χ0n) is 14.3. The number of aromatic nitrogens is 2. The minimum absolute atomic E-state index is 0.398. The molecule has 3 rings (SSSR count). The zero-order chi connectivity index (χ0) is 17.8. The number of benzene rings is 1. The van der Waals surface area contributed by atoms with Crippen molar-refractivity contribution in [2.75, 3.05) is 19.6 Å². The summed E-state index contributed by atoms with van der Waals surface area (Å²) in [5, 5.41) is 1.74. The van der Waals surface area contributed by atoms with Crippen LogP contribution < -0.4 is 0 Å². The Bertz CT molecular complexity index is 750. The van der Waals surface area contributed by atoms with E-state index in [1.807, 2.05) is 23.6 Å². The van der Waals surface area contributed by atoms with E-state index >= 15 is 0 Å². The van der Waals surface area contributed by atoms with Gasteiger partial charge in [-0.25, -0.2) is 4.98 Å². The van der Waals surface area contributed by atoms with Gasteiger partial charge in [0.2, 0.25) is 0 Å². The summed E-state index contributed by atoms with van der Waals surface area (Å²) in [6.45, 7) is 6.01. The van der Waals surface area contributed by atoms with E-state index in [0.717, 1.165) is 56.3 Å². The van der Waals surface area contributed by atoms with E-state index in [4.69, 9.17) is 34.8 Å². The molecule has 0 bridgehead atoms. The Morgan fingerprint density at radius 1 is 1.04 bits per heavy atom. The first-order chi connectivity index (χ1) is 12.0. The molecule has 0 radical (unpaired) electrons. The fourth-order valence-corrected chi connectivity index (χ4v) is 3.81. The van der Waals surface area contributed by atoms with Crippen LogP contribution in [-0.4, -0.2) is 34.1 Å². The van der Waals surface area contributed by atoms with Crippen molar-refractivity contribution in [3.8, 4) is 0 Å². The van der Waals surface area contributed by atoms with Crippen molar-refractivity contribution in [1.82, 2.24) is 14.5 Å². The summed E-state index contributed by atoms with van der Waals surface area (Å²) >= 11 is 18.1. The van der Waals surface area contributed by atoms with Crippen molar-refractivity contribution >= 4 is 40.4 Å². The predicted octanol–water partition coefficient (Wildman–Crippen LogP) is 5.72. The molecule has 1 aliphatic rings. The van der Waals surface area contributed by atoms with Gasteiger partial charge in [0.25, 0.3) is 0 Å². The molecule has 0 aliphatic carbocycles. The van der Waals surface area contributed by atoms with Crippen molar-refractivity contribution in [3.63, 3.8) is 0 Å². The van der Waals surface area contributed by atoms with Gasteiger partial charge in [-0.15, -0.1) is 0 Å². The van der Waals surface area contributed by atoms with E-state index in [9.17, 15) is 0 Å². The van der Waals surface area contributed by atoms with Gasteiger partial charge >= 0.3 is 0 Å². The van der Waals surface area contributed by atoms with Gasteiger partial charge in [0, 0.05) is 24.7 Å². The largest absolute Gasteiger partial charge is 0.318 e. The Balaban J connectivity index is 1.44. The number of aryl methyl sites for hydroxylation is 1. The smallest absolute Gasteiger partial charge is 0.166 e. The third kappa shape index (κ3) is 4.79. The minimum Gasteiger partial charge on any atom is -0.318 e. The molecular formula is C19H22Cl3N3. The maximum Gasteiger partial charge on any atom is 0.166 e. The molecule has 0 unspecified atom stereocenters. The van der Waals surface area contributed by atoms with Crippen molar-refractivity contribution in [1.29, 1.82) is 0 Å². The maximum atomic E-state index is 6.17. The molecule has 25 heavy (non-hydrogen) atoms. The summed E-state index contributed by atoms with van der Waals surface area (Å²) in [7, 11) is 0.